The molecule has 0 N–H and O–H groups in total. The van der Waals surface area contributed by atoms with Crippen molar-refractivity contribution in [3.8, 4) is 33.4 Å². The van der Waals surface area contributed by atoms with Crippen LogP contribution in [0.25, 0.3) is 89.3 Å². The first-order chi connectivity index (χ1) is 21.8. The molecule has 0 aliphatic carbocycles. The Kier molecular flexibility index (Phi) is 4.63. The molecule has 0 unspecified atom stereocenters. The maximum atomic E-state index is 6.47. The van der Waals surface area contributed by atoms with Gasteiger partial charge in [-0.15, -0.1) is 0 Å². The Morgan fingerprint density at radius 2 is 0.682 bits per heavy atom. The number of rotatable bonds is 3. The van der Waals surface area contributed by atoms with Crippen LogP contribution in [0.4, 0.5) is 0 Å². The fourth-order valence-electron chi connectivity index (χ4n) is 6.74. The maximum absolute atomic E-state index is 6.47. The molecule has 0 atom stereocenters. The summed E-state index contributed by atoms with van der Waals surface area (Å²) < 4.78 is 17.1. The van der Waals surface area contributed by atoms with Crippen LogP contribution in [0, 0.1) is 0 Å². The lowest BCUT2D eigenvalue weighted by molar-refractivity contribution is 0.643. The Morgan fingerprint density at radius 3 is 1.14 bits per heavy atom. The van der Waals surface area contributed by atoms with Crippen molar-refractivity contribution in [1.29, 1.82) is 0 Å². The molecule has 0 aliphatic heterocycles. The van der Waals surface area contributed by atoms with Gasteiger partial charge in [0.05, 0.1) is 33.1 Å². The Bertz CT molecular complexity index is 2550. The van der Waals surface area contributed by atoms with Crippen LogP contribution in [0.3, 0.4) is 0 Å². The predicted octanol–water partition coefficient (Wildman–Crippen LogP) is 9.78. The summed E-state index contributed by atoms with van der Waals surface area (Å²) in [7, 11) is 0. The van der Waals surface area contributed by atoms with Crippen LogP contribution in [0.15, 0.2) is 142 Å². The minimum atomic E-state index is 0.591. The van der Waals surface area contributed by atoms with E-state index in [2.05, 4.69) is 106 Å². The first-order valence-electron chi connectivity index (χ1n) is 14.6. The summed E-state index contributed by atoms with van der Waals surface area (Å²) in [6, 6.07) is 45.9. The molecule has 6 heteroatoms. The van der Waals surface area contributed by atoms with E-state index in [0.29, 0.717) is 11.7 Å². The molecule has 0 fully saturated rings. The lowest BCUT2D eigenvalue weighted by Crippen LogP contribution is -1.90. The van der Waals surface area contributed by atoms with E-state index in [9.17, 15) is 0 Å². The van der Waals surface area contributed by atoms with Crippen LogP contribution in [0.2, 0.25) is 0 Å². The van der Waals surface area contributed by atoms with Crippen LogP contribution in [-0.4, -0.2) is 18.8 Å². The summed E-state index contributed by atoms with van der Waals surface area (Å²) >= 11 is 0. The van der Waals surface area contributed by atoms with E-state index < -0.39 is 0 Å². The molecule has 0 aliphatic rings. The first-order valence-corrected chi connectivity index (χ1v) is 14.6. The Balaban J connectivity index is 1.21. The summed E-state index contributed by atoms with van der Waals surface area (Å²) in [6.45, 7) is 0. The molecular weight excluding hydrogens is 544 g/mol. The number of benzene rings is 6. The van der Waals surface area contributed by atoms with Crippen molar-refractivity contribution in [2.24, 2.45) is 0 Å². The van der Waals surface area contributed by atoms with Crippen molar-refractivity contribution in [2.45, 2.75) is 0 Å². The van der Waals surface area contributed by atoms with Gasteiger partial charge < -0.3 is 8.83 Å². The molecule has 0 radical (unpaired) electrons. The number of fused-ring (bicyclic) bond motifs is 10. The Morgan fingerprint density at radius 1 is 0.341 bits per heavy atom. The highest BCUT2D eigenvalue weighted by Gasteiger charge is 2.21. The largest absolute Gasteiger partial charge is 0.422 e. The summed E-state index contributed by atoms with van der Waals surface area (Å²) in [4.78, 5) is 9.52. The summed E-state index contributed by atoms with van der Waals surface area (Å²) in [6.07, 6.45) is 0. The molecule has 6 nitrogen and oxygen atoms in total. The van der Waals surface area contributed by atoms with Crippen molar-refractivity contribution >= 4 is 56.0 Å². The molecule has 0 amide bonds. The van der Waals surface area contributed by atoms with Crippen molar-refractivity contribution in [3.05, 3.63) is 133 Å². The van der Waals surface area contributed by atoms with E-state index in [1.807, 2.05) is 36.4 Å². The third kappa shape index (κ3) is 3.14. The zero-order valence-corrected chi connectivity index (χ0v) is 23.3. The molecule has 0 bridgehead atoms. The van der Waals surface area contributed by atoms with Gasteiger partial charge in [-0.3, -0.25) is 8.80 Å². The third-order valence-electron chi connectivity index (χ3n) is 8.64. The fraction of sp³-hybridized carbons (Fsp3) is 0. The third-order valence-corrected chi connectivity index (χ3v) is 8.64. The summed E-state index contributed by atoms with van der Waals surface area (Å²) in [5, 5.41) is 0. The molecular formula is C38H22N4O2. The second-order valence-corrected chi connectivity index (χ2v) is 11.0. The molecule has 10 aromatic rings. The number of oxazole rings is 2. The molecule has 10 rings (SSSR count). The zero-order chi connectivity index (χ0) is 28.8. The number of para-hydroxylation sites is 6. The average molecular weight is 567 g/mol. The fourth-order valence-corrected chi connectivity index (χ4v) is 6.74. The van der Waals surface area contributed by atoms with E-state index in [1.165, 1.54) is 0 Å². The van der Waals surface area contributed by atoms with E-state index >= 15 is 0 Å². The molecule has 4 aromatic heterocycles. The van der Waals surface area contributed by atoms with Gasteiger partial charge in [-0.2, -0.15) is 9.97 Å². The van der Waals surface area contributed by atoms with Gasteiger partial charge in [-0.05, 0) is 58.7 Å². The number of nitrogens with zero attached hydrogens (tertiary/aromatic N) is 4. The molecule has 6 aromatic carbocycles. The second-order valence-electron chi connectivity index (χ2n) is 11.0. The summed E-state index contributed by atoms with van der Waals surface area (Å²) in [5.41, 5.74) is 13.9. The highest BCUT2D eigenvalue weighted by molar-refractivity contribution is 6.03. The first kappa shape index (κ1) is 23.4. The van der Waals surface area contributed by atoms with E-state index in [0.717, 1.165) is 77.6 Å². The molecule has 4 heterocycles. The molecule has 0 saturated carbocycles. The van der Waals surface area contributed by atoms with Gasteiger partial charge in [-0.25, -0.2) is 0 Å². The zero-order valence-electron chi connectivity index (χ0n) is 23.3. The van der Waals surface area contributed by atoms with Crippen LogP contribution >= 0.6 is 0 Å². The van der Waals surface area contributed by atoms with E-state index in [1.54, 1.807) is 0 Å². The topological polar surface area (TPSA) is 60.9 Å². The quantitative estimate of drug-likeness (QED) is 0.214. The second kappa shape index (κ2) is 8.69. The van der Waals surface area contributed by atoms with Gasteiger partial charge in [0, 0.05) is 11.1 Å². The van der Waals surface area contributed by atoms with E-state index in [4.69, 9.17) is 18.8 Å². The predicted molar refractivity (Wildman–Crippen MR) is 175 cm³/mol. The minimum Gasteiger partial charge on any atom is -0.422 e. The SMILES string of the molecule is c1ccc(-c2cccc3c2oc2nc4ccccc4n23)c(-c2ccccc2-c2cccc3c2oc2nc4ccccc4n23)c1. The Hall–Kier alpha value is -6.14. The van der Waals surface area contributed by atoms with Crippen molar-refractivity contribution in [1.82, 2.24) is 18.8 Å². The van der Waals surface area contributed by atoms with E-state index in [-0.39, 0.29) is 0 Å². The number of imidazole rings is 2. The highest BCUT2D eigenvalue weighted by atomic mass is 16.4. The minimum absolute atomic E-state index is 0.591. The van der Waals surface area contributed by atoms with Crippen molar-refractivity contribution in [2.75, 3.05) is 0 Å². The van der Waals surface area contributed by atoms with Gasteiger partial charge in [0.15, 0.2) is 11.2 Å². The maximum Gasteiger partial charge on any atom is 0.307 e. The number of aromatic nitrogens is 4. The van der Waals surface area contributed by atoms with Gasteiger partial charge >= 0.3 is 11.7 Å². The van der Waals surface area contributed by atoms with Crippen molar-refractivity contribution in [3.63, 3.8) is 0 Å². The van der Waals surface area contributed by atoms with Gasteiger partial charge in [-0.1, -0.05) is 97.1 Å². The lowest BCUT2D eigenvalue weighted by atomic mass is 9.89. The summed E-state index contributed by atoms with van der Waals surface area (Å²) in [5.74, 6) is 1.18. The van der Waals surface area contributed by atoms with Gasteiger partial charge in [0.25, 0.3) is 0 Å². The van der Waals surface area contributed by atoms with Crippen LogP contribution < -0.4 is 0 Å². The number of hydrogen-bond donors (Lipinski definition) is 0. The Labute approximate surface area is 250 Å². The van der Waals surface area contributed by atoms with Crippen LogP contribution in [-0.2, 0) is 0 Å². The van der Waals surface area contributed by atoms with Crippen LogP contribution in [0.1, 0.15) is 0 Å². The molecule has 0 saturated heterocycles. The van der Waals surface area contributed by atoms with Crippen LogP contribution in [0.5, 0.6) is 0 Å². The monoisotopic (exact) mass is 566 g/mol. The molecule has 0 spiro atoms. The normalized spacial score (nSPS) is 12.1. The highest BCUT2D eigenvalue weighted by Crippen LogP contribution is 2.43. The smallest absolute Gasteiger partial charge is 0.307 e. The number of hydrogen-bond acceptors (Lipinski definition) is 4. The standard InChI is InChI=1S/C38H22N4O2/c1-3-13-25(27-15-9-21-33-35(27)43-37-39-29-17-5-7-19-31(29)41(33)37)23(11-1)24-12-2-4-14-26(24)28-16-10-22-34-36(28)44-38-40-30-18-6-8-20-32(30)42(34)38/h1-22H. The lowest BCUT2D eigenvalue weighted by Gasteiger charge is -2.15. The van der Waals surface area contributed by atoms with Gasteiger partial charge in [0.2, 0.25) is 0 Å². The van der Waals surface area contributed by atoms with Crippen molar-refractivity contribution < 1.29 is 8.83 Å². The molecule has 206 valence electrons. The van der Waals surface area contributed by atoms with Gasteiger partial charge in [0.1, 0.15) is 0 Å². The molecule has 44 heavy (non-hydrogen) atoms. The average Bonchev–Trinajstić information content (AvgIpc) is 3.82.